The standard InChI is InChI=1S/C33H40F5N5O2/c1-19-12-20(2)29-24(14-21-8-10-23(11-9-21)30(44)45)6-5-7-28(27(29)13-19)43(31-39-41-42(4)40-31)18-22-15-25(32(3,34)35)17-26(16-22)33(36,37)38/h12-13,15-17,21,23-24,28H,5-11,14,18H2,1-4H3,(H,44,45)/t21?,23?,24?,28-/m0/s1. The maximum atomic E-state index is 14.4. The van der Waals surface area contributed by atoms with Gasteiger partial charge in [0.2, 0.25) is 0 Å². The van der Waals surface area contributed by atoms with E-state index in [1.807, 2.05) is 6.92 Å². The summed E-state index contributed by atoms with van der Waals surface area (Å²) in [6, 6.07) is 6.49. The zero-order valence-electron chi connectivity index (χ0n) is 26.0. The second-order valence-electron chi connectivity index (χ2n) is 13.0. The first-order valence-corrected chi connectivity index (χ1v) is 15.5. The minimum Gasteiger partial charge on any atom is -0.481 e. The van der Waals surface area contributed by atoms with Crippen molar-refractivity contribution in [3.05, 3.63) is 69.3 Å². The molecule has 0 radical (unpaired) electrons. The van der Waals surface area contributed by atoms with Gasteiger partial charge in [-0.2, -0.15) is 18.0 Å². The number of fused-ring (bicyclic) bond motifs is 1. The predicted octanol–water partition coefficient (Wildman–Crippen LogP) is 8.25. The SMILES string of the molecule is Cc1cc(C)c2c(c1)[C@@H](N(Cc1cc(C(C)(F)F)cc(C(F)(F)F)c1)c1nnn(C)n1)CCCC2CC1CCC(C(=O)O)CC1. The molecule has 0 amide bonds. The van der Waals surface area contributed by atoms with E-state index in [4.69, 9.17) is 0 Å². The summed E-state index contributed by atoms with van der Waals surface area (Å²) in [6.45, 7) is 4.55. The van der Waals surface area contributed by atoms with Crippen molar-refractivity contribution in [2.24, 2.45) is 18.9 Å². The van der Waals surface area contributed by atoms with Gasteiger partial charge in [-0.1, -0.05) is 29.2 Å². The Balaban J connectivity index is 1.55. The van der Waals surface area contributed by atoms with Crippen LogP contribution in [-0.4, -0.2) is 31.3 Å². The molecule has 1 heterocycles. The minimum atomic E-state index is -4.80. The molecule has 0 saturated heterocycles. The zero-order chi connectivity index (χ0) is 32.7. The Hall–Kier alpha value is -3.57. The zero-order valence-corrected chi connectivity index (χ0v) is 26.0. The number of anilines is 1. The first kappa shape index (κ1) is 32.8. The smallest absolute Gasteiger partial charge is 0.416 e. The van der Waals surface area contributed by atoms with Crippen LogP contribution < -0.4 is 4.90 Å². The number of hydrogen-bond donors (Lipinski definition) is 1. The summed E-state index contributed by atoms with van der Waals surface area (Å²) in [5.41, 5.74) is 2.64. The number of carboxylic acids is 1. The van der Waals surface area contributed by atoms with E-state index in [1.54, 1.807) is 11.9 Å². The molecule has 2 aromatic carbocycles. The monoisotopic (exact) mass is 633 g/mol. The number of tetrazole rings is 1. The number of aryl methyl sites for hydroxylation is 3. The number of hydrogen-bond acceptors (Lipinski definition) is 5. The van der Waals surface area contributed by atoms with Crippen molar-refractivity contribution in [3.63, 3.8) is 0 Å². The van der Waals surface area contributed by atoms with Gasteiger partial charge in [0, 0.05) is 19.0 Å². The largest absolute Gasteiger partial charge is 0.481 e. The van der Waals surface area contributed by atoms with Gasteiger partial charge in [-0.05, 0) is 116 Å². The quantitative estimate of drug-likeness (QED) is 0.199. The summed E-state index contributed by atoms with van der Waals surface area (Å²) in [5, 5.41) is 22.1. The molecule has 2 aliphatic carbocycles. The highest BCUT2D eigenvalue weighted by molar-refractivity contribution is 5.70. The molecule has 5 rings (SSSR count). The molecule has 1 saturated carbocycles. The lowest BCUT2D eigenvalue weighted by Crippen LogP contribution is -2.30. The van der Waals surface area contributed by atoms with Gasteiger partial charge in [0.05, 0.1) is 24.6 Å². The van der Waals surface area contributed by atoms with E-state index in [-0.39, 0.29) is 35.9 Å². The number of rotatable bonds is 8. The van der Waals surface area contributed by atoms with Crippen LogP contribution >= 0.6 is 0 Å². The molecule has 12 heteroatoms. The van der Waals surface area contributed by atoms with Gasteiger partial charge < -0.3 is 10.0 Å². The van der Waals surface area contributed by atoms with Crippen LogP contribution in [0.2, 0.25) is 0 Å². The molecule has 244 valence electrons. The summed E-state index contributed by atoms with van der Waals surface area (Å²) >= 11 is 0. The molecule has 1 unspecified atom stereocenters. The highest BCUT2D eigenvalue weighted by Gasteiger charge is 2.37. The summed E-state index contributed by atoms with van der Waals surface area (Å²) in [5.74, 6) is -3.63. The molecule has 2 atom stereocenters. The molecule has 7 nitrogen and oxygen atoms in total. The molecule has 1 aromatic heterocycles. The normalized spacial score (nSPS) is 22.5. The summed E-state index contributed by atoms with van der Waals surface area (Å²) in [4.78, 5) is 14.6. The Morgan fingerprint density at radius 3 is 2.27 bits per heavy atom. The predicted molar refractivity (Wildman–Crippen MR) is 159 cm³/mol. The Morgan fingerprint density at radius 2 is 1.67 bits per heavy atom. The van der Waals surface area contributed by atoms with Crippen LogP contribution in [0.5, 0.6) is 0 Å². The number of nitrogens with zero attached hydrogens (tertiary/aromatic N) is 5. The summed E-state index contributed by atoms with van der Waals surface area (Å²) in [7, 11) is 1.60. The summed E-state index contributed by atoms with van der Waals surface area (Å²) < 4.78 is 70.4. The number of aromatic nitrogens is 4. The number of aliphatic carboxylic acids is 1. The molecule has 0 spiro atoms. The molecule has 45 heavy (non-hydrogen) atoms. The second-order valence-corrected chi connectivity index (χ2v) is 13.0. The molecule has 0 bridgehead atoms. The van der Waals surface area contributed by atoms with Crippen molar-refractivity contribution in [1.82, 2.24) is 20.2 Å². The highest BCUT2D eigenvalue weighted by Crippen LogP contribution is 2.46. The molecule has 2 aliphatic rings. The van der Waals surface area contributed by atoms with Gasteiger partial charge in [-0.3, -0.25) is 4.79 Å². The van der Waals surface area contributed by atoms with Crippen LogP contribution in [0, 0.1) is 25.7 Å². The first-order chi connectivity index (χ1) is 21.1. The van der Waals surface area contributed by atoms with Crippen LogP contribution in [0.1, 0.15) is 109 Å². The van der Waals surface area contributed by atoms with E-state index in [0.29, 0.717) is 38.2 Å². The van der Waals surface area contributed by atoms with Gasteiger partial charge in [0.25, 0.3) is 11.9 Å². The Kier molecular flexibility index (Phi) is 9.24. The Bertz CT molecular complexity index is 1490. The fourth-order valence-corrected chi connectivity index (χ4v) is 7.42. The van der Waals surface area contributed by atoms with Crippen LogP contribution in [0.25, 0.3) is 0 Å². The molecule has 3 aromatic rings. The Labute approximate surface area is 259 Å². The number of benzene rings is 2. The van der Waals surface area contributed by atoms with Crippen LogP contribution in [0.3, 0.4) is 0 Å². The fraction of sp³-hybridized carbons (Fsp3) is 0.576. The average molecular weight is 634 g/mol. The fourth-order valence-electron chi connectivity index (χ4n) is 7.42. The van der Waals surface area contributed by atoms with E-state index < -0.39 is 29.2 Å². The second kappa shape index (κ2) is 12.7. The van der Waals surface area contributed by atoms with E-state index >= 15 is 0 Å². The third-order valence-electron chi connectivity index (χ3n) is 9.49. The minimum absolute atomic E-state index is 0.0794. The lowest BCUT2D eigenvalue weighted by Gasteiger charge is -2.34. The lowest BCUT2D eigenvalue weighted by atomic mass is 9.74. The van der Waals surface area contributed by atoms with Crippen LogP contribution in [0.4, 0.5) is 27.9 Å². The van der Waals surface area contributed by atoms with E-state index in [1.165, 1.54) is 10.4 Å². The maximum Gasteiger partial charge on any atom is 0.416 e. The Morgan fingerprint density at radius 1 is 0.978 bits per heavy atom. The third-order valence-corrected chi connectivity index (χ3v) is 9.49. The van der Waals surface area contributed by atoms with Crippen molar-refractivity contribution in [2.75, 3.05) is 4.90 Å². The number of carbonyl (C=O) groups is 1. The molecular formula is C33H40F5N5O2. The molecule has 1 fully saturated rings. The molecule has 0 aliphatic heterocycles. The van der Waals surface area contributed by atoms with Crippen molar-refractivity contribution in [3.8, 4) is 0 Å². The van der Waals surface area contributed by atoms with Gasteiger partial charge >= 0.3 is 12.1 Å². The molecule has 1 N–H and O–H groups in total. The van der Waals surface area contributed by atoms with E-state index in [0.717, 1.165) is 60.9 Å². The lowest BCUT2D eigenvalue weighted by molar-refractivity contribution is -0.143. The summed E-state index contributed by atoms with van der Waals surface area (Å²) in [6.07, 6.45) is 1.61. The van der Waals surface area contributed by atoms with Crippen LogP contribution in [0.15, 0.2) is 30.3 Å². The third kappa shape index (κ3) is 7.47. The number of carboxylic acid groups (broad SMARTS) is 1. The van der Waals surface area contributed by atoms with E-state index in [2.05, 4.69) is 34.5 Å². The van der Waals surface area contributed by atoms with Gasteiger partial charge in [-0.15, -0.1) is 5.10 Å². The van der Waals surface area contributed by atoms with Gasteiger partial charge in [0.15, 0.2) is 0 Å². The van der Waals surface area contributed by atoms with Gasteiger partial charge in [0.1, 0.15) is 0 Å². The number of alkyl halides is 5. The number of halogens is 5. The van der Waals surface area contributed by atoms with Crippen LogP contribution in [-0.2, 0) is 30.5 Å². The van der Waals surface area contributed by atoms with E-state index in [9.17, 15) is 31.9 Å². The maximum absolute atomic E-state index is 14.4. The topological polar surface area (TPSA) is 84.1 Å². The van der Waals surface area contributed by atoms with Gasteiger partial charge in [-0.25, -0.2) is 8.78 Å². The molecular weight excluding hydrogens is 593 g/mol. The first-order valence-electron chi connectivity index (χ1n) is 15.5. The van der Waals surface area contributed by atoms with Crippen molar-refractivity contribution in [2.45, 2.75) is 103 Å². The van der Waals surface area contributed by atoms with Crippen molar-refractivity contribution in [1.29, 1.82) is 0 Å². The highest BCUT2D eigenvalue weighted by atomic mass is 19.4. The average Bonchev–Trinajstić information content (AvgIpc) is 3.30. The van der Waals surface area contributed by atoms with Crippen molar-refractivity contribution < 1.29 is 31.9 Å². The van der Waals surface area contributed by atoms with Crippen molar-refractivity contribution >= 4 is 11.9 Å².